The third-order valence-corrected chi connectivity index (χ3v) is 3.26. The molecule has 1 aromatic carbocycles. The van der Waals surface area contributed by atoms with Gasteiger partial charge in [0, 0.05) is 19.3 Å². The SMILES string of the molecule is CCOc1cc(CNCc2ncccc2C)ccc1OC(F)F. The summed E-state index contributed by atoms with van der Waals surface area (Å²) in [5.41, 5.74) is 3.02. The molecule has 0 amide bonds. The molecule has 0 aliphatic heterocycles. The van der Waals surface area contributed by atoms with E-state index in [-0.39, 0.29) is 5.75 Å². The highest BCUT2D eigenvalue weighted by atomic mass is 19.3. The molecule has 0 spiro atoms. The number of nitrogens with zero attached hydrogens (tertiary/aromatic N) is 1. The number of nitrogens with one attached hydrogen (secondary N) is 1. The molecule has 1 aromatic heterocycles. The molecule has 0 unspecified atom stereocenters. The Kier molecular flexibility index (Phi) is 6.29. The molecule has 23 heavy (non-hydrogen) atoms. The molecule has 0 radical (unpaired) electrons. The summed E-state index contributed by atoms with van der Waals surface area (Å²) in [6, 6.07) is 8.85. The molecule has 0 saturated heterocycles. The minimum atomic E-state index is -2.87. The third-order valence-electron chi connectivity index (χ3n) is 3.26. The lowest BCUT2D eigenvalue weighted by molar-refractivity contribution is -0.0514. The number of aryl methyl sites for hydroxylation is 1. The van der Waals surface area contributed by atoms with Crippen LogP contribution in [0.15, 0.2) is 36.5 Å². The van der Waals surface area contributed by atoms with Gasteiger partial charge in [-0.05, 0) is 43.2 Å². The predicted octanol–water partition coefficient (Wildman–Crippen LogP) is 3.68. The summed E-state index contributed by atoms with van der Waals surface area (Å²) in [6.45, 7) is 2.51. The van der Waals surface area contributed by atoms with Crippen molar-refractivity contribution in [3.8, 4) is 11.5 Å². The molecule has 0 atom stereocenters. The molecule has 0 saturated carbocycles. The van der Waals surface area contributed by atoms with Gasteiger partial charge in [0.2, 0.25) is 0 Å². The first-order valence-corrected chi connectivity index (χ1v) is 7.42. The van der Waals surface area contributed by atoms with Crippen LogP contribution in [0.25, 0.3) is 0 Å². The number of hydrogen-bond donors (Lipinski definition) is 1. The van der Waals surface area contributed by atoms with Crippen LogP contribution in [0.1, 0.15) is 23.7 Å². The first-order chi connectivity index (χ1) is 11.1. The number of benzene rings is 1. The van der Waals surface area contributed by atoms with Gasteiger partial charge in [0.15, 0.2) is 11.5 Å². The average molecular weight is 322 g/mol. The van der Waals surface area contributed by atoms with E-state index in [4.69, 9.17) is 4.74 Å². The first-order valence-electron chi connectivity index (χ1n) is 7.42. The lowest BCUT2D eigenvalue weighted by Gasteiger charge is -2.13. The molecule has 0 aliphatic rings. The monoisotopic (exact) mass is 322 g/mol. The summed E-state index contributed by atoms with van der Waals surface area (Å²) in [6.07, 6.45) is 1.76. The Bertz CT molecular complexity index is 636. The molecule has 0 aliphatic carbocycles. The van der Waals surface area contributed by atoms with E-state index in [1.54, 1.807) is 25.3 Å². The molecule has 2 rings (SSSR count). The summed E-state index contributed by atoms with van der Waals surface area (Å²) in [5, 5.41) is 3.28. The fraction of sp³-hybridized carbons (Fsp3) is 0.353. The van der Waals surface area contributed by atoms with Crippen LogP contribution in [-0.4, -0.2) is 18.2 Å². The maximum Gasteiger partial charge on any atom is 0.387 e. The number of aromatic nitrogens is 1. The van der Waals surface area contributed by atoms with Crippen LogP contribution < -0.4 is 14.8 Å². The van der Waals surface area contributed by atoms with Crippen molar-refractivity contribution >= 4 is 0 Å². The highest BCUT2D eigenvalue weighted by Gasteiger charge is 2.11. The van der Waals surface area contributed by atoms with Gasteiger partial charge in [0.05, 0.1) is 12.3 Å². The Morgan fingerprint density at radius 2 is 2.00 bits per heavy atom. The van der Waals surface area contributed by atoms with E-state index in [1.807, 2.05) is 19.1 Å². The van der Waals surface area contributed by atoms with Crippen molar-refractivity contribution in [1.29, 1.82) is 0 Å². The molecule has 0 fully saturated rings. The number of alkyl halides is 2. The zero-order valence-electron chi connectivity index (χ0n) is 13.2. The topological polar surface area (TPSA) is 43.4 Å². The van der Waals surface area contributed by atoms with Crippen LogP contribution in [0.2, 0.25) is 0 Å². The van der Waals surface area contributed by atoms with Crippen LogP contribution in [0.5, 0.6) is 11.5 Å². The lowest BCUT2D eigenvalue weighted by atomic mass is 10.2. The molecule has 124 valence electrons. The highest BCUT2D eigenvalue weighted by Crippen LogP contribution is 2.29. The molecular weight excluding hydrogens is 302 g/mol. The largest absolute Gasteiger partial charge is 0.490 e. The fourth-order valence-electron chi connectivity index (χ4n) is 2.15. The number of rotatable bonds is 8. The van der Waals surface area contributed by atoms with E-state index in [9.17, 15) is 8.78 Å². The van der Waals surface area contributed by atoms with Gasteiger partial charge in [-0.15, -0.1) is 0 Å². The van der Waals surface area contributed by atoms with Crippen molar-refractivity contribution < 1.29 is 18.3 Å². The summed E-state index contributed by atoms with van der Waals surface area (Å²) < 4.78 is 34.6. The fourth-order valence-corrected chi connectivity index (χ4v) is 2.15. The second-order valence-electron chi connectivity index (χ2n) is 4.96. The van der Waals surface area contributed by atoms with E-state index in [1.165, 1.54) is 6.07 Å². The van der Waals surface area contributed by atoms with Gasteiger partial charge in [0.25, 0.3) is 0 Å². The van der Waals surface area contributed by atoms with Gasteiger partial charge in [-0.25, -0.2) is 0 Å². The van der Waals surface area contributed by atoms with Crippen molar-refractivity contribution in [3.05, 3.63) is 53.3 Å². The van der Waals surface area contributed by atoms with Gasteiger partial charge in [0.1, 0.15) is 0 Å². The molecular formula is C17H20F2N2O2. The van der Waals surface area contributed by atoms with Crippen LogP contribution in [0.3, 0.4) is 0 Å². The minimum absolute atomic E-state index is 0.0474. The summed E-state index contributed by atoms with van der Waals surface area (Å²) in [7, 11) is 0. The highest BCUT2D eigenvalue weighted by molar-refractivity contribution is 5.43. The van der Waals surface area contributed by atoms with Crippen LogP contribution in [0, 0.1) is 6.92 Å². The second-order valence-corrected chi connectivity index (χ2v) is 4.96. The summed E-state index contributed by atoms with van der Waals surface area (Å²) >= 11 is 0. The van der Waals surface area contributed by atoms with Gasteiger partial charge in [-0.1, -0.05) is 12.1 Å². The van der Waals surface area contributed by atoms with Crippen LogP contribution >= 0.6 is 0 Å². The van der Waals surface area contributed by atoms with Crippen LogP contribution in [0.4, 0.5) is 8.78 Å². The van der Waals surface area contributed by atoms with Crippen molar-refractivity contribution in [2.75, 3.05) is 6.61 Å². The van der Waals surface area contributed by atoms with Crippen LogP contribution in [-0.2, 0) is 13.1 Å². The Balaban J connectivity index is 1.99. The smallest absolute Gasteiger partial charge is 0.387 e. The van der Waals surface area contributed by atoms with Gasteiger partial charge in [-0.2, -0.15) is 8.78 Å². The summed E-state index contributed by atoms with van der Waals surface area (Å²) in [4.78, 5) is 4.31. The maximum absolute atomic E-state index is 12.4. The Morgan fingerprint density at radius 3 is 2.70 bits per heavy atom. The summed E-state index contributed by atoms with van der Waals surface area (Å²) in [5.74, 6) is 0.368. The Hall–Kier alpha value is -2.21. The Morgan fingerprint density at radius 1 is 1.17 bits per heavy atom. The second kappa shape index (κ2) is 8.43. The van der Waals surface area contributed by atoms with Crippen molar-refractivity contribution in [2.24, 2.45) is 0 Å². The molecule has 6 heteroatoms. The maximum atomic E-state index is 12.4. The van der Waals surface area contributed by atoms with E-state index in [0.717, 1.165) is 16.8 Å². The minimum Gasteiger partial charge on any atom is -0.490 e. The average Bonchev–Trinajstić information content (AvgIpc) is 2.51. The zero-order chi connectivity index (χ0) is 16.7. The van der Waals surface area contributed by atoms with E-state index < -0.39 is 6.61 Å². The van der Waals surface area contributed by atoms with Gasteiger partial charge >= 0.3 is 6.61 Å². The standard InChI is InChI=1S/C17H20F2N2O2/c1-3-22-16-9-13(6-7-15(16)23-17(18)19)10-20-11-14-12(2)5-4-8-21-14/h4-9,17,20H,3,10-11H2,1-2H3. The lowest BCUT2D eigenvalue weighted by Crippen LogP contribution is -2.15. The molecule has 2 aromatic rings. The van der Waals surface area contributed by atoms with Gasteiger partial charge in [-0.3, -0.25) is 4.98 Å². The van der Waals surface area contributed by atoms with E-state index in [2.05, 4.69) is 15.0 Å². The van der Waals surface area contributed by atoms with Gasteiger partial charge < -0.3 is 14.8 Å². The van der Waals surface area contributed by atoms with Crippen molar-refractivity contribution in [2.45, 2.75) is 33.5 Å². The zero-order valence-corrected chi connectivity index (χ0v) is 13.2. The van der Waals surface area contributed by atoms with Crippen molar-refractivity contribution in [3.63, 3.8) is 0 Å². The number of pyridine rings is 1. The van der Waals surface area contributed by atoms with E-state index >= 15 is 0 Å². The molecule has 1 N–H and O–H groups in total. The predicted molar refractivity (Wildman–Crippen MR) is 83.8 cm³/mol. The first kappa shape index (κ1) is 17.1. The normalized spacial score (nSPS) is 10.8. The number of hydrogen-bond acceptors (Lipinski definition) is 4. The molecule has 1 heterocycles. The third kappa shape index (κ3) is 5.17. The molecule has 4 nitrogen and oxygen atoms in total. The van der Waals surface area contributed by atoms with Crippen molar-refractivity contribution in [1.82, 2.24) is 10.3 Å². The molecule has 0 bridgehead atoms. The van der Waals surface area contributed by atoms with E-state index in [0.29, 0.717) is 25.4 Å². The number of ether oxygens (including phenoxy) is 2. The number of halogens is 2. The quantitative estimate of drug-likeness (QED) is 0.805. The Labute approximate surface area is 134 Å².